The molecule has 1 saturated heterocycles. The molecule has 132 valence electrons. The third-order valence-electron chi connectivity index (χ3n) is 4.85. The van der Waals surface area contributed by atoms with Gasteiger partial charge in [0, 0.05) is 40.3 Å². The first-order valence-electron chi connectivity index (χ1n) is 8.48. The summed E-state index contributed by atoms with van der Waals surface area (Å²) in [5.74, 6) is 0. The molecular weight excluding hydrogens is 326 g/mol. The molecule has 0 N–H and O–H groups in total. The Morgan fingerprint density at radius 2 is 1.62 bits per heavy atom. The van der Waals surface area contributed by atoms with E-state index in [4.69, 9.17) is 0 Å². The fourth-order valence-electron chi connectivity index (χ4n) is 3.42. The number of hydrogen-bond donors (Lipinski definition) is 0. The maximum Gasteiger partial charge on any atom is 0.319 e. The molecule has 0 bridgehead atoms. The van der Waals surface area contributed by atoms with Gasteiger partial charge >= 0.3 is 6.03 Å². The Kier molecular flexibility index (Phi) is 4.83. The molecule has 0 radical (unpaired) electrons. The second-order valence-corrected chi connectivity index (χ2v) is 8.64. The summed E-state index contributed by atoms with van der Waals surface area (Å²) in [6.07, 6.45) is 4.31. The largest absolute Gasteiger partial charge is 0.331 e. The van der Waals surface area contributed by atoms with Crippen LogP contribution >= 0.6 is 0 Å². The van der Waals surface area contributed by atoms with Gasteiger partial charge in [0.25, 0.3) is 0 Å². The topological polar surface area (TPSA) is 60.9 Å². The highest BCUT2D eigenvalue weighted by molar-refractivity contribution is 7.89. The average Bonchev–Trinajstić information content (AvgIpc) is 2.60. The molecule has 1 aromatic carbocycles. The van der Waals surface area contributed by atoms with E-state index in [9.17, 15) is 13.2 Å². The first kappa shape index (κ1) is 17.2. The molecule has 7 heteroatoms. The number of aryl methyl sites for hydroxylation is 2. The normalized spacial score (nSPS) is 19.0. The Morgan fingerprint density at radius 3 is 2.25 bits per heavy atom. The van der Waals surface area contributed by atoms with Gasteiger partial charge in [-0.2, -0.15) is 4.31 Å². The van der Waals surface area contributed by atoms with Crippen LogP contribution in [-0.2, 0) is 22.9 Å². The van der Waals surface area contributed by atoms with Crippen LogP contribution in [0, 0.1) is 0 Å². The molecule has 1 aliphatic heterocycles. The Bertz CT molecular complexity index is 723. The van der Waals surface area contributed by atoms with E-state index < -0.39 is 10.0 Å². The number of fused-ring (bicyclic) bond motifs is 1. The number of piperazine rings is 1. The second-order valence-electron chi connectivity index (χ2n) is 6.71. The lowest BCUT2D eigenvalue weighted by atomic mass is 9.92. The summed E-state index contributed by atoms with van der Waals surface area (Å²) in [5.41, 5.74) is 2.45. The minimum Gasteiger partial charge on any atom is -0.331 e. The minimum atomic E-state index is -3.48. The first-order chi connectivity index (χ1) is 11.4. The van der Waals surface area contributed by atoms with Gasteiger partial charge < -0.3 is 9.80 Å². The Labute approximate surface area is 144 Å². The molecule has 1 aliphatic carbocycles. The molecular formula is C17H25N3O3S. The van der Waals surface area contributed by atoms with Crippen molar-refractivity contribution in [3.63, 3.8) is 0 Å². The summed E-state index contributed by atoms with van der Waals surface area (Å²) in [7, 11) is -0.0693. The van der Waals surface area contributed by atoms with Crippen molar-refractivity contribution >= 4 is 16.1 Å². The lowest BCUT2D eigenvalue weighted by Gasteiger charge is -2.35. The van der Waals surface area contributed by atoms with Crippen LogP contribution in [0.25, 0.3) is 0 Å². The quantitative estimate of drug-likeness (QED) is 0.812. The highest BCUT2D eigenvalue weighted by atomic mass is 32.2. The van der Waals surface area contributed by atoms with Gasteiger partial charge in [-0.25, -0.2) is 13.2 Å². The monoisotopic (exact) mass is 351 g/mol. The molecule has 0 aromatic heterocycles. The number of carbonyl (C=O) groups is 1. The molecule has 1 aromatic rings. The zero-order valence-electron chi connectivity index (χ0n) is 14.4. The number of amides is 2. The van der Waals surface area contributed by atoms with E-state index in [1.165, 1.54) is 26.8 Å². The molecule has 1 heterocycles. The van der Waals surface area contributed by atoms with Crippen LogP contribution in [0.3, 0.4) is 0 Å². The molecule has 2 aliphatic rings. The molecule has 1 fully saturated rings. The van der Waals surface area contributed by atoms with Crippen LogP contribution in [0.5, 0.6) is 0 Å². The molecule has 0 saturated carbocycles. The summed E-state index contributed by atoms with van der Waals surface area (Å²) in [4.78, 5) is 15.6. The van der Waals surface area contributed by atoms with Gasteiger partial charge in [0.1, 0.15) is 0 Å². The summed E-state index contributed by atoms with van der Waals surface area (Å²) in [5, 5.41) is 0. The molecule has 0 unspecified atom stereocenters. The van der Waals surface area contributed by atoms with Crippen LogP contribution in [0.15, 0.2) is 23.1 Å². The lowest BCUT2D eigenvalue weighted by molar-refractivity contribution is 0.149. The maximum atomic E-state index is 12.9. The number of urea groups is 1. The van der Waals surface area contributed by atoms with E-state index in [1.54, 1.807) is 25.1 Å². The summed E-state index contributed by atoms with van der Waals surface area (Å²) in [6.45, 7) is 1.56. The van der Waals surface area contributed by atoms with Gasteiger partial charge in [-0.3, -0.25) is 0 Å². The van der Waals surface area contributed by atoms with Gasteiger partial charge in [0.05, 0.1) is 4.90 Å². The van der Waals surface area contributed by atoms with Crippen molar-refractivity contribution in [1.82, 2.24) is 14.1 Å². The third-order valence-corrected chi connectivity index (χ3v) is 6.74. The Morgan fingerprint density at radius 1 is 1.00 bits per heavy atom. The van der Waals surface area contributed by atoms with Gasteiger partial charge in [-0.15, -0.1) is 0 Å². The van der Waals surface area contributed by atoms with Crippen molar-refractivity contribution in [2.75, 3.05) is 40.3 Å². The minimum absolute atomic E-state index is 0.0687. The van der Waals surface area contributed by atoms with E-state index in [2.05, 4.69) is 0 Å². The van der Waals surface area contributed by atoms with Crippen LogP contribution < -0.4 is 0 Å². The van der Waals surface area contributed by atoms with Crippen molar-refractivity contribution in [2.45, 2.75) is 30.6 Å². The third kappa shape index (κ3) is 3.28. The standard InChI is InChI=1S/C17H25N3O3S/c1-18(2)17(21)19-9-11-20(12-10-19)24(22,23)16-8-7-14-5-3-4-6-15(14)13-16/h7-8,13H,3-6,9-12H2,1-2H3. The molecule has 6 nitrogen and oxygen atoms in total. The van der Waals surface area contributed by atoms with Crippen LogP contribution in [-0.4, -0.2) is 68.8 Å². The zero-order chi connectivity index (χ0) is 17.3. The van der Waals surface area contributed by atoms with Crippen LogP contribution in [0.4, 0.5) is 4.79 Å². The number of sulfonamides is 1. The molecule has 3 rings (SSSR count). The number of benzene rings is 1. The second kappa shape index (κ2) is 6.72. The van der Waals surface area contributed by atoms with E-state index in [1.807, 2.05) is 12.1 Å². The predicted octanol–water partition coefficient (Wildman–Crippen LogP) is 1.55. The molecule has 0 atom stereocenters. The first-order valence-corrected chi connectivity index (χ1v) is 9.92. The van der Waals surface area contributed by atoms with Crippen LogP contribution in [0.2, 0.25) is 0 Å². The zero-order valence-corrected chi connectivity index (χ0v) is 15.2. The van der Waals surface area contributed by atoms with Gasteiger partial charge in [0.15, 0.2) is 0 Å². The molecule has 0 spiro atoms. The van der Waals surface area contributed by atoms with Gasteiger partial charge in [0.2, 0.25) is 10.0 Å². The number of nitrogens with zero attached hydrogens (tertiary/aromatic N) is 3. The number of rotatable bonds is 2. The predicted molar refractivity (Wildman–Crippen MR) is 92.5 cm³/mol. The van der Waals surface area contributed by atoms with E-state index in [0.29, 0.717) is 31.1 Å². The van der Waals surface area contributed by atoms with Gasteiger partial charge in [-0.05, 0) is 48.9 Å². The van der Waals surface area contributed by atoms with E-state index in [-0.39, 0.29) is 6.03 Å². The van der Waals surface area contributed by atoms with E-state index in [0.717, 1.165) is 19.3 Å². The lowest BCUT2D eigenvalue weighted by Crippen LogP contribution is -2.52. The maximum absolute atomic E-state index is 12.9. The SMILES string of the molecule is CN(C)C(=O)N1CCN(S(=O)(=O)c2ccc3c(c2)CCCC3)CC1. The molecule has 24 heavy (non-hydrogen) atoms. The van der Waals surface area contributed by atoms with Crippen molar-refractivity contribution in [1.29, 1.82) is 0 Å². The fraction of sp³-hybridized carbons (Fsp3) is 0.588. The number of carbonyl (C=O) groups excluding carboxylic acids is 1. The summed E-state index contributed by atoms with van der Waals surface area (Å²) in [6, 6.07) is 5.48. The van der Waals surface area contributed by atoms with Crippen molar-refractivity contribution in [3.8, 4) is 0 Å². The van der Waals surface area contributed by atoms with Crippen LogP contribution in [0.1, 0.15) is 24.0 Å². The summed E-state index contributed by atoms with van der Waals surface area (Å²) >= 11 is 0. The molecule has 2 amide bonds. The van der Waals surface area contributed by atoms with Gasteiger partial charge in [-0.1, -0.05) is 6.07 Å². The highest BCUT2D eigenvalue weighted by Gasteiger charge is 2.31. The number of hydrogen-bond acceptors (Lipinski definition) is 3. The van der Waals surface area contributed by atoms with E-state index >= 15 is 0 Å². The highest BCUT2D eigenvalue weighted by Crippen LogP contribution is 2.26. The van der Waals surface area contributed by atoms with Crippen molar-refractivity contribution in [3.05, 3.63) is 29.3 Å². The Balaban J connectivity index is 1.74. The van der Waals surface area contributed by atoms with Crippen molar-refractivity contribution < 1.29 is 13.2 Å². The Hall–Kier alpha value is -1.60. The van der Waals surface area contributed by atoms with Crippen molar-refractivity contribution in [2.24, 2.45) is 0 Å². The summed E-state index contributed by atoms with van der Waals surface area (Å²) < 4.78 is 27.3. The average molecular weight is 351 g/mol. The fourth-order valence-corrected chi connectivity index (χ4v) is 4.90. The smallest absolute Gasteiger partial charge is 0.319 e.